The van der Waals surface area contributed by atoms with Gasteiger partial charge >= 0.3 is 0 Å². The molecular weight excluding hydrogens is 256 g/mol. The fourth-order valence-electron chi connectivity index (χ4n) is 1.53. The van der Waals surface area contributed by atoms with E-state index in [4.69, 9.17) is 4.43 Å². The molecule has 0 aliphatic carbocycles. The number of aryl methyl sites for hydroxylation is 2. The molecule has 0 saturated heterocycles. The third-order valence-corrected chi connectivity index (χ3v) is 8.45. The maximum Gasteiger partial charge on any atom is 0.191 e. The van der Waals surface area contributed by atoms with Crippen molar-refractivity contribution in [1.29, 1.82) is 0 Å². The van der Waals surface area contributed by atoms with Crippen LogP contribution in [0.5, 0.6) is 0 Å². The van der Waals surface area contributed by atoms with E-state index in [9.17, 15) is 4.79 Å². The Morgan fingerprint density at radius 1 is 1.42 bits per heavy atom. The van der Waals surface area contributed by atoms with Gasteiger partial charge in [-0.05, 0) is 31.5 Å². The van der Waals surface area contributed by atoms with Crippen LogP contribution in [-0.4, -0.2) is 31.0 Å². The number of carbonyl (C=O) groups is 1. The van der Waals surface area contributed by atoms with E-state index in [1.807, 2.05) is 11.6 Å². The molecule has 19 heavy (non-hydrogen) atoms. The van der Waals surface area contributed by atoms with E-state index < -0.39 is 8.32 Å². The molecule has 0 bridgehead atoms. The Hall–Kier alpha value is -0.943. The third-order valence-electron chi connectivity index (χ3n) is 3.91. The number of hydrogen-bond donors (Lipinski definition) is 0. The number of aromatic nitrogens is 2. The molecule has 1 rings (SSSR count). The monoisotopic (exact) mass is 282 g/mol. The Morgan fingerprint density at radius 3 is 2.53 bits per heavy atom. The molecule has 1 aromatic rings. The van der Waals surface area contributed by atoms with Crippen LogP contribution in [-0.2, 0) is 11.0 Å². The molecule has 0 spiro atoms. The Balaban J connectivity index is 2.41. The van der Waals surface area contributed by atoms with Crippen molar-refractivity contribution in [3.8, 4) is 0 Å². The van der Waals surface area contributed by atoms with Crippen molar-refractivity contribution in [2.75, 3.05) is 6.61 Å². The standard InChI is InChI=1S/C14H26N2O2Si/c1-12-13(11-17)10-16(15-12)8-7-9-18-19(5,6)14(2,3)4/h10-11H,7-9H2,1-6H3. The van der Waals surface area contributed by atoms with Gasteiger partial charge in [0.15, 0.2) is 14.6 Å². The molecule has 0 aromatic carbocycles. The summed E-state index contributed by atoms with van der Waals surface area (Å²) in [6.07, 6.45) is 3.57. The third kappa shape index (κ3) is 4.28. The fourth-order valence-corrected chi connectivity index (χ4v) is 2.62. The Bertz CT molecular complexity index is 433. The second-order valence-corrected chi connectivity index (χ2v) is 11.3. The first-order chi connectivity index (χ1) is 8.67. The Labute approximate surface area is 117 Å². The van der Waals surface area contributed by atoms with E-state index >= 15 is 0 Å². The van der Waals surface area contributed by atoms with Crippen molar-refractivity contribution in [2.24, 2.45) is 0 Å². The second kappa shape index (κ2) is 6.01. The number of aldehydes is 1. The summed E-state index contributed by atoms with van der Waals surface area (Å²) in [5.74, 6) is 0. The lowest BCUT2D eigenvalue weighted by Crippen LogP contribution is -2.41. The molecule has 0 radical (unpaired) electrons. The minimum absolute atomic E-state index is 0.250. The van der Waals surface area contributed by atoms with Crippen LogP contribution >= 0.6 is 0 Å². The Morgan fingerprint density at radius 2 is 2.05 bits per heavy atom. The highest BCUT2D eigenvalue weighted by atomic mass is 28.4. The van der Waals surface area contributed by atoms with E-state index in [-0.39, 0.29) is 5.04 Å². The van der Waals surface area contributed by atoms with Gasteiger partial charge in [-0.2, -0.15) is 5.10 Å². The lowest BCUT2D eigenvalue weighted by molar-refractivity contribution is 0.112. The smallest absolute Gasteiger partial charge is 0.191 e. The van der Waals surface area contributed by atoms with Gasteiger partial charge in [-0.15, -0.1) is 0 Å². The first-order valence-corrected chi connectivity index (χ1v) is 9.71. The molecule has 0 aliphatic rings. The fraction of sp³-hybridized carbons (Fsp3) is 0.714. The van der Waals surface area contributed by atoms with E-state index in [0.29, 0.717) is 5.56 Å². The lowest BCUT2D eigenvalue weighted by atomic mass is 10.2. The van der Waals surface area contributed by atoms with Crippen molar-refractivity contribution in [3.63, 3.8) is 0 Å². The molecule has 0 N–H and O–H groups in total. The second-order valence-electron chi connectivity index (χ2n) is 6.51. The molecule has 0 unspecified atom stereocenters. The van der Waals surface area contributed by atoms with Gasteiger partial charge in [0.2, 0.25) is 0 Å². The molecule has 0 amide bonds. The summed E-state index contributed by atoms with van der Waals surface area (Å²) in [5, 5.41) is 4.56. The Kier molecular flexibility index (Phi) is 5.09. The maximum atomic E-state index is 10.7. The van der Waals surface area contributed by atoms with Crippen molar-refractivity contribution in [2.45, 2.75) is 58.8 Å². The zero-order chi connectivity index (χ0) is 14.7. The molecule has 108 valence electrons. The summed E-state index contributed by atoms with van der Waals surface area (Å²) in [6.45, 7) is 14.7. The van der Waals surface area contributed by atoms with E-state index in [1.54, 1.807) is 6.20 Å². The maximum absolute atomic E-state index is 10.7. The molecule has 5 heteroatoms. The normalized spacial score (nSPS) is 12.7. The van der Waals surface area contributed by atoms with Crippen LogP contribution in [0.1, 0.15) is 43.2 Å². The summed E-state index contributed by atoms with van der Waals surface area (Å²) >= 11 is 0. The summed E-state index contributed by atoms with van der Waals surface area (Å²) in [7, 11) is -1.64. The molecule has 0 aliphatic heterocycles. The quantitative estimate of drug-likeness (QED) is 0.456. The highest BCUT2D eigenvalue weighted by molar-refractivity contribution is 6.74. The molecule has 0 fully saturated rings. The SMILES string of the molecule is Cc1nn(CCCO[Si](C)(C)C(C)(C)C)cc1C=O. The molecule has 1 aromatic heterocycles. The van der Waals surface area contributed by atoms with Crippen molar-refractivity contribution in [1.82, 2.24) is 9.78 Å². The van der Waals surface area contributed by atoms with E-state index in [0.717, 1.165) is 31.6 Å². The van der Waals surface area contributed by atoms with Gasteiger partial charge in [-0.25, -0.2) is 0 Å². The van der Waals surface area contributed by atoms with Gasteiger partial charge in [0.1, 0.15) is 0 Å². The van der Waals surface area contributed by atoms with Crippen LogP contribution in [0.4, 0.5) is 0 Å². The van der Waals surface area contributed by atoms with Crippen LogP contribution in [0.2, 0.25) is 18.1 Å². The first kappa shape index (κ1) is 16.1. The zero-order valence-corrected chi connectivity index (χ0v) is 14.0. The topological polar surface area (TPSA) is 44.1 Å². The minimum atomic E-state index is -1.64. The predicted molar refractivity (Wildman–Crippen MR) is 80.1 cm³/mol. The van der Waals surface area contributed by atoms with Gasteiger partial charge in [-0.3, -0.25) is 9.48 Å². The molecule has 1 heterocycles. The highest BCUT2D eigenvalue weighted by Crippen LogP contribution is 2.36. The van der Waals surface area contributed by atoms with Crippen LogP contribution in [0.15, 0.2) is 6.20 Å². The number of carbonyl (C=O) groups excluding carboxylic acids is 1. The summed E-state index contributed by atoms with van der Waals surface area (Å²) in [6, 6.07) is 0. The van der Waals surface area contributed by atoms with E-state index in [2.05, 4.69) is 39.0 Å². The van der Waals surface area contributed by atoms with Crippen LogP contribution in [0, 0.1) is 6.92 Å². The van der Waals surface area contributed by atoms with Crippen LogP contribution in [0.25, 0.3) is 0 Å². The lowest BCUT2D eigenvalue weighted by Gasteiger charge is -2.36. The van der Waals surface area contributed by atoms with Crippen LogP contribution < -0.4 is 0 Å². The molecule has 4 nitrogen and oxygen atoms in total. The number of hydrogen-bond acceptors (Lipinski definition) is 3. The molecule has 0 saturated carbocycles. The average molecular weight is 282 g/mol. The van der Waals surface area contributed by atoms with Crippen molar-refractivity contribution in [3.05, 3.63) is 17.5 Å². The van der Waals surface area contributed by atoms with Gasteiger partial charge < -0.3 is 4.43 Å². The molecular formula is C14H26N2O2Si. The van der Waals surface area contributed by atoms with Gasteiger partial charge in [0, 0.05) is 19.3 Å². The largest absolute Gasteiger partial charge is 0.417 e. The van der Waals surface area contributed by atoms with Gasteiger partial charge in [-0.1, -0.05) is 20.8 Å². The highest BCUT2D eigenvalue weighted by Gasteiger charge is 2.36. The summed E-state index contributed by atoms with van der Waals surface area (Å²) in [4.78, 5) is 10.7. The first-order valence-electron chi connectivity index (χ1n) is 6.80. The zero-order valence-electron chi connectivity index (χ0n) is 13.0. The van der Waals surface area contributed by atoms with Crippen molar-refractivity contribution >= 4 is 14.6 Å². The number of rotatable bonds is 6. The van der Waals surface area contributed by atoms with Crippen molar-refractivity contribution < 1.29 is 9.22 Å². The minimum Gasteiger partial charge on any atom is -0.417 e. The summed E-state index contributed by atoms with van der Waals surface area (Å²) < 4.78 is 7.93. The predicted octanol–water partition coefficient (Wildman–Crippen LogP) is 3.42. The summed E-state index contributed by atoms with van der Waals surface area (Å²) in [5.41, 5.74) is 1.46. The van der Waals surface area contributed by atoms with E-state index in [1.165, 1.54) is 0 Å². The van der Waals surface area contributed by atoms with Crippen LogP contribution in [0.3, 0.4) is 0 Å². The average Bonchev–Trinajstić information content (AvgIpc) is 2.64. The molecule has 0 atom stereocenters. The number of nitrogens with zero attached hydrogens (tertiary/aromatic N) is 2. The van der Waals surface area contributed by atoms with Gasteiger partial charge in [0.25, 0.3) is 0 Å². The van der Waals surface area contributed by atoms with Gasteiger partial charge in [0.05, 0.1) is 11.3 Å².